The largest absolute Gasteiger partial charge is 0.482 e. The van der Waals surface area contributed by atoms with E-state index in [-0.39, 0.29) is 37.3 Å². The maximum atomic E-state index is 12.9. The van der Waals surface area contributed by atoms with Gasteiger partial charge in [0.15, 0.2) is 6.61 Å². The van der Waals surface area contributed by atoms with Crippen molar-refractivity contribution in [2.75, 3.05) is 28.8 Å². The first-order chi connectivity index (χ1) is 18.4. The van der Waals surface area contributed by atoms with Gasteiger partial charge in [-0.1, -0.05) is 49.7 Å². The second-order valence-electron chi connectivity index (χ2n) is 9.07. The van der Waals surface area contributed by atoms with Gasteiger partial charge in [0.2, 0.25) is 11.8 Å². The second-order valence-corrected chi connectivity index (χ2v) is 9.50. The zero-order valence-electron chi connectivity index (χ0n) is 21.4. The molecule has 9 heteroatoms. The third kappa shape index (κ3) is 6.83. The number of nitrogens with zero attached hydrogens (tertiary/aromatic N) is 1. The zero-order valence-corrected chi connectivity index (χ0v) is 22.2. The summed E-state index contributed by atoms with van der Waals surface area (Å²) >= 11 is 6.14. The Morgan fingerprint density at radius 2 is 1.63 bits per heavy atom. The summed E-state index contributed by atoms with van der Waals surface area (Å²) in [5.41, 5.74) is 9.69. The molecule has 1 fully saturated rings. The van der Waals surface area contributed by atoms with Crippen molar-refractivity contribution >= 4 is 46.4 Å². The van der Waals surface area contributed by atoms with E-state index in [2.05, 4.69) is 30.0 Å². The van der Waals surface area contributed by atoms with Crippen LogP contribution in [-0.4, -0.2) is 30.9 Å². The van der Waals surface area contributed by atoms with Crippen LogP contribution in [0.3, 0.4) is 0 Å². The zero-order chi connectivity index (χ0) is 27.1. The maximum Gasteiger partial charge on any atom is 0.262 e. The predicted octanol–water partition coefficient (Wildman–Crippen LogP) is 4.98. The lowest BCUT2D eigenvalue weighted by Gasteiger charge is -2.18. The number of carbonyl (C=O) groups is 3. The van der Waals surface area contributed by atoms with Crippen molar-refractivity contribution in [2.24, 2.45) is 5.92 Å². The van der Waals surface area contributed by atoms with Crippen LogP contribution in [0.4, 0.5) is 17.1 Å². The number of rotatable bonds is 10. The molecule has 0 aliphatic carbocycles. The van der Waals surface area contributed by atoms with Crippen LogP contribution in [0.15, 0.2) is 66.7 Å². The SMILES string of the molecule is CCc1ccc(NC(=O)COc2ccc(Cl)cc2NNC(=O)[C@@H]2CC(=O)N(c3ccc(CC)cc3)C2)cc1. The van der Waals surface area contributed by atoms with Crippen LogP contribution in [0.2, 0.25) is 5.02 Å². The number of hydrogen-bond acceptors (Lipinski definition) is 5. The number of nitrogens with one attached hydrogen (secondary N) is 3. The van der Waals surface area contributed by atoms with E-state index in [0.717, 1.165) is 18.5 Å². The van der Waals surface area contributed by atoms with Crippen molar-refractivity contribution in [3.05, 3.63) is 82.9 Å². The van der Waals surface area contributed by atoms with Crippen LogP contribution in [0, 0.1) is 5.92 Å². The summed E-state index contributed by atoms with van der Waals surface area (Å²) in [4.78, 5) is 39.5. The fraction of sp³-hybridized carbons (Fsp3) is 0.276. The average Bonchev–Trinajstić information content (AvgIpc) is 3.33. The molecule has 4 rings (SSSR count). The van der Waals surface area contributed by atoms with Gasteiger partial charge >= 0.3 is 0 Å². The van der Waals surface area contributed by atoms with Gasteiger partial charge in [0.25, 0.3) is 5.91 Å². The molecule has 1 heterocycles. The second kappa shape index (κ2) is 12.5. The molecule has 3 aromatic carbocycles. The molecular formula is C29H31ClN4O4. The first-order valence-electron chi connectivity index (χ1n) is 12.6. The van der Waals surface area contributed by atoms with Crippen LogP contribution >= 0.6 is 11.6 Å². The Balaban J connectivity index is 1.32. The van der Waals surface area contributed by atoms with Gasteiger partial charge in [-0.15, -0.1) is 0 Å². The van der Waals surface area contributed by atoms with Gasteiger partial charge in [0.1, 0.15) is 5.75 Å². The van der Waals surface area contributed by atoms with Crippen molar-refractivity contribution in [3.8, 4) is 5.75 Å². The highest BCUT2D eigenvalue weighted by molar-refractivity contribution is 6.31. The molecule has 1 aliphatic rings. The topological polar surface area (TPSA) is 99.8 Å². The number of amides is 3. The fourth-order valence-corrected chi connectivity index (χ4v) is 4.34. The van der Waals surface area contributed by atoms with Crippen LogP contribution in [-0.2, 0) is 27.2 Å². The number of hydrazine groups is 1. The molecular weight excluding hydrogens is 504 g/mol. The van der Waals surface area contributed by atoms with Crippen LogP contribution in [0.5, 0.6) is 5.75 Å². The lowest BCUT2D eigenvalue weighted by Crippen LogP contribution is -2.36. The summed E-state index contributed by atoms with van der Waals surface area (Å²) in [6, 6.07) is 20.2. The quantitative estimate of drug-likeness (QED) is 0.319. The van der Waals surface area contributed by atoms with E-state index in [4.69, 9.17) is 16.3 Å². The highest BCUT2D eigenvalue weighted by Gasteiger charge is 2.35. The van der Waals surface area contributed by atoms with E-state index >= 15 is 0 Å². The van der Waals surface area contributed by atoms with Crippen LogP contribution in [0.25, 0.3) is 0 Å². The third-order valence-electron chi connectivity index (χ3n) is 6.42. The summed E-state index contributed by atoms with van der Waals surface area (Å²) < 4.78 is 5.69. The molecule has 0 aromatic heterocycles. The minimum atomic E-state index is -0.519. The normalized spacial score (nSPS) is 14.8. The first kappa shape index (κ1) is 27.0. The molecule has 1 aliphatic heterocycles. The third-order valence-corrected chi connectivity index (χ3v) is 6.65. The molecule has 3 N–H and O–H groups in total. The van der Waals surface area contributed by atoms with E-state index in [1.165, 1.54) is 11.1 Å². The Hall–Kier alpha value is -4.04. The van der Waals surface area contributed by atoms with E-state index in [0.29, 0.717) is 22.1 Å². The van der Waals surface area contributed by atoms with Gasteiger partial charge in [-0.2, -0.15) is 0 Å². The first-order valence-corrected chi connectivity index (χ1v) is 13.0. The Morgan fingerprint density at radius 1 is 0.974 bits per heavy atom. The smallest absolute Gasteiger partial charge is 0.262 e. The minimum Gasteiger partial charge on any atom is -0.482 e. The van der Waals surface area contributed by atoms with Crippen molar-refractivity contribution < 1.29 is 19.1 Å². The van der Waals surface area contributed by atoms with Gasteiger partial charge in [0, 0.05) is 29.4 Å². The lowest BCUT2D eigenvalue weighted by atomic mass is 10.1. The van der Waals surface area contributed by atoms with Crippen LogP contribution in [0.1, 0.15) is 31.4 Å². The fourth-order valence-electron chi connectivity index (χ4n) is 4.17. The van der Waals surface area contributed by atoms with Gasteiger partial charge in [-0.25, -0.2) is 0 Å². The summed E-state index contributed by atoms with van der Waals surface area (Å²) in [5.74, 6) is -0.932. The monoisotopic (exact) mass is 534 g/mol. The van der Waals surface area contributed by atoms with Crippen molar-refractivity contribution in [3.63, 3.8) is 0 Å². The number of halogens is 1. The van der Waals surface area contributed by atoms with Gasteiger partial charge in [-0.05, 0) is 66.4 Å². The Morgan fingerprint density at radius 3 is 2.29 bits per heavy atom. The maximum absolute atomic E-state index is 12.9. The highest BCUT2D eigenvalue weighted by atomic mass is 35.5. The molecule has 38 heavy (non-hydrogen) atoms. The van der Waals surface area contributed by atoms with Crippen molar-refractivity contribution in [1.82, 2.24) is 5.43 Å². The van der Waals surface area contributed by atoms with Crippen molar-refractivity contribution in [1.29, 1.82) is 0 Å². The molecule has 3 amide bonds. The number of hydrogen-bond donors (Lipinski definition) is 3. The molecule has 8 nitrogen and oxygen atoms in total. The van der Waals surface area contributed by atoms with E-state index in [9.17, 15) is 14.4 Å². The van der Waals surface area contributed by atoms with Gasteiger partial charge < -0.3 is 15.0 Å². The number of benzene rings is 3. The van der Waals surface area contributed by atoms with E-state index in [1.807, 2.05) is 48.5 Å². The molecule has 0 bridgehead atoms. The van der Waals surface area contributed by atoms with Gasteiger partial charge in [0.05, 0.1) is 11.6 Å². The summed E-state index contributed by atoms with van der Waals surface area (Å²) in [5, 5.41) is 3.22. The number of carbonyl (C=O) groups excluding carboxylic acids is 3. The molecule has 198 valence electrons. The standard InChI is InChI=1S/C29H31ClN4O4/c1-3-19-5-10-23(11-6-19)31-27(35)18-38-26-14-9-22(30)16-25(26)32-33-29(37)21-15-28(36)34(17-21)24-12-7-20(4-2)8-13-24/h5-14,16,21,32H,3-4,15,17-18H2,1-2H3,(H,31,35)(H,33,37)/t21-/m1/s1. The van der Waals surface area contributed by atoms with E-state index < -0.39 is 5.92 Å². The minimum absolute atomic E-state index is 0.100. The van der Waals surface area contributed by atoms with E-state index in [1.54, 1.807) is 23.1 Å². The Kier molecular flexibility index (Phi) is 8.86. The molecule has 0 unspecified atom stereocenters. The molecule has 1 saturated heterocycles. The molecule has 0 saturated carbocycles. The van der Waals surface area contributed by atoms with Crippen LogP contribution < -0.4 is 25.8 Å². The molecule has 0 spiro atoms. The number of ether oxygens (including phenoxy) is 1. The Bertz CT molecular complexity index is 1290. The molecule has 3 aromatic rings. The lowest BCUT2D eigenvalue weighted by molar-refractivity contribution is -0.125. The predicted molar refractivity (Wildman–Crippen MR) is 149 cm³/mol. The Labute approximate surface area is 227 Å². The number of aryl methyl sites for hydroxylation is 2. The highest BCUT2D eigenvalue weighted by Crippen LogP contribution is 2.29. The average molecular weight is 535 g/mol. The number of anilines is 3. The molecule has 0 radical (unpaired) electrons. The summed E-state index contributed by atoms with van der Waals surface area (Å²) in [7, 11) is 0. The molecule has 1 atom stereocenters. The van der Waals surface area contributed by atoms with Crippen molar-refractivity contribution in [2.45, 2.75) is 33.1 Å². The van der Waals surface area contributed by atoms with Gasteiger partial charge in [-0.3, -0.25) is 25.2 Å². The summed E-state index contributed by atoms with van der Waals surface area (Å²) in [6.45, 7) is 4.19. The summed E-state index contributed by atoms with van der Waals surface area (Å²) in [6.07, 6.45) is 1.95.